The number of hydrogen-bond acceptors (Lipinski definition) is 2. The predicted octanol–water partition coefficient (Wildman–Crippen LogP) is 5.01. The van der Waals surface area contributed by atoms with E-state index in [0.717, 1.165) is 17.8 Å². The molecule has 0 radical (unpaired) electrons. The van der Waals surface area contributed by atoms with Gasteiger partial charge in [-0.15, -0.1) is 0 Å². The molecule has 0 aromatic heterocycles. The van der Waals surface area contributed by atoms with Gasteiger partial charge in [0.2, 0.25) is 0 Å². The average Bonchev–Trinajstić information content (AvgIpc) is 2.50. The van der Waals surface area contributed by atoms with E-state index in [2.05, 4.69) is 50.0 Å². The maximum absolute atomic E-state index is 4.33. The van der Waals surface area contributed by atoms with Crippen molar-refractivity contribution < 1.29 is 0 Å². The lowest BCUT2D eigenvalue weighted by Gasteiger charge is -2.41. The van der Waals surface area contributed by atoms with Gasteiger partial charge in [0.05, 0.1) is 5.71 Å². The summed E-state index contributed by atoms with van der Waals surface area (Å²) in [5, 5.41) is 8.51. The molecule has 0 fully saturated rings. The van der Waals surface area contributed by atoms with Crippen LogP contribution in [0.4, 0.5) is 0 Å². The molecule has 0 saturated carbocycles. The fourth-order valence-electron chi connectivity index (χ4n) is 2.30. The van der Waals surface area contributed by atoms with Crippen LogP contribution in [0.3, 0.4) is 0 Å². The van der Waals surface area contributed by atoms with E-state index in [-0.39, 0.29) is 5.41 Å². The molecule has 1 unspecified atom stereocenters. The van der Waals surface area contributed by atoms with Gasteiger partial charge in [0.15, 0.2) is 0 Å². The van der Waals surface area contributed by atoms with Crippen molar-refractivity contribution in [2.45, 2.75) is 67.2 Å². The van der Waals surface area contributed by atoms with Crippen molar-refractivity contribution in [2.75, 3.05) is 0 Å². The molecule has 1 rings (SSSR count). The van der Waals surface area contributed by atoms with Crippen molar-refractivity contribution in [3.8, 4) is 0 Å². The second-order valence-corrected chi connectivity index (χ2v) is 6.48. The van der Waals surface area contributed by atoms with E-state index in [1.54, 1.807) is 0 Å². The minimum absolute atomic E-state index is 0.268. The molecule has 0 saturated heterocycles. The van der Waals surface area contributed by atoms with Crippen molar-refractivity contribution in [3.63, 3.8) is 0 Å². The lowest BCUT2D eigenvalue weighted by molar-refractivity contribution is 0.125. The Bertz CT molecular complexity index is 371. The highest BCUT2D eigenvalue weighted by molar-refractivity contribution is 5.95. The average molecular weight is 248 g/mol. The third kappa shape index (κ3) is 3.54. The highest BCUT2D eigenvalue weighted by Crippen LogP contribution is 2.47. The smallest absolute Gasteiger partial charge is 0.0627 e. The van der Waals surface area contributed by atoms with Crippen LogP contribution in [0.2, 0.25) is 0 Å². The first kappa shape index (κ1) is 15.1. The summed E-state index contributed by atoms with van der Waals surface area (Å²) in [6.45, 7) is 13.4. The lowest BCUT2D eigenvalue weighted by Crippen LogP contribution is -2.32. The van der Waals surface area contributed by atoms with Crippen LogP contribution < -0.4 is 0 Å². The highest BCUT2D eigenvalue weighted by atomic mass is 15.2. The van der Waals surface area contributed by atoms with Gasteiger partial charge in [-0.2, -0.15) is 10.2 Å². The van der Waals surface area contributed by atoms with Crippen LogP contribution in [0.5, 0.6) is 0 Å². The van der Waals surface area contributed by atoms with Crippen LogP contribution in [0.1, 0.15) is 67.2 Å². The summed E-state index contributed by atoms with van der Waals surface area (Å²) in [5.74, 6) is 0. The van der Waals surface area contributed by atoms with Gasteiger partial charge in [-0.1, -0.05) is 40.2 Å². The summed E-state index contributed by atoms with van der Waals surface area (Å²) in [5.41, 5.74) is 2.73. The molecule has 0 bridgehead atoms. The molecule has 102 valence electrons. The van der Waals surface area contributed by atoms with E-state index < -0.39 is 0 Å². The van der Waals surface area contributed by atoms with E-state index in [1.807, 2.05) is 13.8 Å². The zero-order valence-electron chi connectivity index (χ0n) is 12.9. The molecule has 1 aliphatic carbocycles. The summed E-state index contributed by atoms with van der Waals surface area (Å²) < 4.78 is 0. The highest BCUT2D eigenvalue weighted by Gasteiger charge is 2.37. The second kappa shape index (κ2) is 5.81. The molecular weight excluding hydrogens is 220 g/mol. The molecule has 0 aromatic carbocycles. The Morgan fingerprint density at radius 3 is 2.61 bits per heavy atom. The zero-order chi connectivity index (χ0) is 13.8. The minimum atomic E-state index is 0.268. The Labute approximate surface area is 112 Å². The number of rotatable bonds is 3. The fourth-order valence-corrected chi connectivity index (χ4v) is 2.30. The summed E-state index contributed by atoms with van der Waals surface area (Å²) in [6, 6.07) is 0. The van der Waals surface area contributed by atoms with Gasteiger partial charge in [-0.05, 0) is 50.0 Å². The van der Waals surface area contributed by atoms with Crippen molar-refractivity contribution in [2.24, 2.45) is 21.0 Å². The molecule has 0 amide bonds. The molecule has 18 heavy (non-hydrogen) atoms. The van der Waals surface area contributed by atoms with E-state index in [0.29, 0.717) is 5.41 Å². The molecule has 0 aromatic rings. The molecule has 0 aliphatic heterocycles. The molecule has 1 aliphatic rings. The van der Waals surface area contributed by atoms with E-state index in [1.165, 1.54) is 19.3 Å². The Morgan fingerprint density at radius 1 is 1.39 bits per heavy atom. The SMILES string of the molecule is CCC(C)(C)C1(C)C=C/C(=N/N=C(C)C)CCC1. The monoisotopic (exact) mass is 248 g/mol. The molecule has 2 heteroatoms. The van der Waals surface area contributed by atoms with Crippen molar-refractivity contribution >= 4 is 11.4 Å². The van der Waals surface area contributed by atoms with Gasteiger partial charge < -0.3 is 0 Å². The first-order chi connectivity index (χ1) is 8.31. The van der Waals surface area contributed by atoms with Gasteiger partial charge in [-0.25, -0.2) is 0 Å². The summed E-state index contributed by atoms with van der Waals surface area (Å²) in [4.78, 5) is 0. The summed E-state index contributed by atoms with van der Waals surface area (Å²) >= 11 is 0. The van der Waals surface area contributed by atoms with E-state index >= 15 is 0 Å². The third-order valence-electron chi connectivity index (χ3n) is 4.58. The first-order valence-corrected chi connectivity index (χ1v) is 7.08. The Hall–Kier alpha value is -0.920. The van der Waals surface area contributed by atoms with Crippen LogP contribution in [0.15, 0.2) is 22.4 Å². The topological polar surface area (TPSA) is 24.7 Å². The quantitative estimate of drug-likeness (QED) is 0.495. The second-order valence-electron chi connectivity index (χ2n) is 6.48. The zero-order valence-corrected chi connectivity index (χ0v) is 12.9. The van der Waals surface area contributed by atoms with E-state index in [9.17, 15) is 0 Å². The van der Waals surface area contributed by atoms with Crippen LogP contribution in [-0.4, -0.2) is 11.4 Å². The van der Waals surface area contributed by atoms with Crippen molar-refractivity contribution in [3.05, 3.63) is 12.2 Å². The first-order valence-electron chi connectivity index (χ1n) is 7.08. The summed E-state index contributed by atoms with van der Waals surface area (Å²) in [6.07, 6.45) is 9.23. The van der Waals surface area contributed by atoms with Gasteiger partial charge in [-0.3, -0.25) is 0 Å². The Balaban J connectivity index is 2.95. The predicted molar refractivity (Wildman–Crippen MR) is 81.4 cm³/mol. The Morgan fingerprint density at radius 2 is 2.06 bits per heavy atom. The molecule has 2 nitrogen and oxygen atoms in total. The van der Waals surface area contributed by atoms with Crippen molar-refractivity contribution in [1.82, 2.24) is 0 Å². The van der Waals surface area contributed by atoms with Crippen molar-refractivity contribution in [1.29, 1.82) is 0 Å². The lowest BCUT2D eigenvalue weighted by atomic mass is 9.63. The van der Waals surface area contributed by atoms with Gasteiger partial charge in [0, 0.05) is 5.71 Å². The number of hydrogen-bond donors (Lipinski definition) is 0. The normalized spacial score (nSPS) is 27.1. The van der Waals surface area contributed by atoms with Gasteiger partial charge >= 0.3 is 0 Å². The number of allylic oxidation sites excluding steroid dienone is 2. The van der Waals surface area contributed by atoms with Crippen LogP contribution in [0, 0.1) is 10.8 Å². The van der Waals surface area contributed by atoms with Gasteiger partial charge in [0.25, 0.3) is 0 Å². The molecule has 0 spiro atoms. The molecule has 0 N–H and O–H groups in total. The maximum Gasteiger partial charge on any atom is 0.0627 e. The largest absolute Gasteiger partial charge is 0.160 e. The van der Waals surface area contributed by atoms with Crippen LogP contribution in [0.25, 0.3) is 0 Å². The number of nitrogens with zero attached hydrogens (tertiary/aromatic N) is 2. The minimum Gasteiger partial charge on any atom is -0.160 e. The maximum atomic E-state index is 4.33. The molecule has 0 heterocycles. The Kier molecular flexibility index (Phi) is 4.89. The van der Waals surface area contributed by atoms with Gasteiger partial charge in [0.1, 0.15) is 0 Å². The molecule has 1 atom stereocenters. The fraction of sp³-hybridized carbons (Fsp3) is 0.750. The van der Waals surface area contributed by atoms with Crippen LogP contribution in [-0.2, 0) is 0 Å². The molecular formula is C16H28N2. The standard InChI is InChI=1S/C16H28N2/c1-7-15(4,5)16(6)11-8-9-14(10-12-16)18-17-13(2)3/h10,12H,7-9,11H2,1-6H3/b18-14+. The van der Waals surface area contributed by atoms with E-state index in [4.69, 9.17) is 0 Å². The third-order valence-corrected chi connectivity index (χ3v) is 4.58. The summed E-state index contributed by atoms with van der Waals surface area (Å²) in [7, 11) is 0. The van der Waals surface area contributed by atoms with Crippen LogP contribution >= 0.6 is 0 Å².